The van der Waals surface area contributed by atoms with Crippen LogP contribution in [0, 0.1) is 0 Å². The van der Waals surface area contributed by atoms with E-state index < -0.39 is 21.3 Å². The highest BCUT2D eigenvalue weighted by Crippen LogP contribution is 2.22. The van der Waals surface area contributed by atoms with Crippen molar-refractivity contribution in [2.75, 3.05) is 26.2 Å². The first-order chi connectivity index (χ1) is 15.2. The molecular formula is C19H24N6O5S2. The van der Waals surface area contributed by atoms with Crippen molar-refractivity contribution in [1.82, 2.24) is 27.9 Å². The van der Waals surface area contributed by atoms with E-state index in [9.17, 15) is 22.8 Å². The molecule has 0 spiro atoms. The molecule has 172 valence electrons. The van der Waals surface area contributed by atoms with Crippen molar-refractivity contribution in [3.63, 3.8) is 0 Å². The molecule has 0 unspecified atom stereocenters. The molecule has 0 aliphatic carbocycles. The lowest BCUT2D eigenvalue weighted by Crippen LogP contribution is -2.50. The van der Waals surface area contributed by atoms with Gasteiger partial charge >= 0.3 is 5.69 Å². The molecule has 0 bridgehead atoms. The molecule has 4 heterocycles. The molecule has 32 heavy (non-hydrogen) atoms. The number of piperazine rings is 1. The van der Waals surface area contributed by atoms with Gasteiger partial charge in [-0.15, -0.1) is 11.3 Å². The molecule has 3 aromatic rings. The number of hydrogen-bond donors (Lipinski definition) is 0. The van der Waals surface area contributed by atoms with Gasteiger partial charge in [0.1, 0.15) is 4.21 Å². The Bertz CT molecular complexity index is 1360. The van der Waals surface area contributed by atoms with Crippen molar-refractivity contribution < 1.29 is 13.2 Å². The van der Waals surface area contributed by atoms with Gasteiger partial charge in [0.2, 0.25) is 5.91 Å². The lowest BCUT2D eigenvalue weighted by atomic mass is 10.2. The Morgan fingerprint density at radius 2 is 1.84 bits per heavy atom. The summed E-state index contributed by atoms with van der Waals surface area (Å²) < 4.78 is 31.0. The Labute approximate surface area is 188 Å². The summed E-state index contributed by atoms with van der Waals surface area (Å²) in [5, 5.41) is 1.73. The van der Waals surface area contributed by atoms with Crippen molar-refractivity contribution in [2.24, 2.45) is 14.1 Å². The van der Waals surface area contributed by atoms with E-state index in [1.807, 2.05) is 0 Å². The number of hydrogen-bond acceptors (Lipinski definition) is 7. The Hall–Kier alpha value is -2.77. The molecule has 1 saturated heterocycles. The number of thiophene rings is 1. The second kappa shape index (κ2) is 8.64. The highest BCUT2D eigenvalue weighted by molar-refractivity contribution is 7.91. The van der Waals surface area contributed by atoms with Gasteiger partial charge in [-0.3, -0.25) is 18.7 Å². The van der Waals surface area contributed by atoms with Crippen LogP contribution >= 0.6 is 11.3 Å². The average molecular weight is 481 g/mol. The van der Waals surface area contributed by atoms with E-state index in [1.54, 1.807) is 34.0 Å². The predicted octanol–water partition coefficient (Wildman–Crippen LogP) is -0.191. The van der Waals surface area contributed by atoms with E-state index in [2.05, 4.69) is 4.98 Å². The zero-order valence-corrected chi connectivity index (χ0v) is 19.4. The Balaban J connectivity index is 1.35. The minimum absolute atomic E-state index is 0.0529. The molecule has 0 saturated carbocycles. The Kier molecular flexibility index (Phi) is 6.05. The fourth-order valence-electron chi connectivity index (χ4n) is 3.84. The molecular weight excluding hydrogens is 456 g/mol. The van der Waals surface area contributed by atoms with Gasteiger partial charge in [0.15, 0.2) is 11.2 Å². The summed E-state index contributed by atoms with van der Waals surface area (Å²) >= 11 is 1.18. The number of nitrogens with zero attached hydrogens (tertiary/aromatic N) is 6. The smallest absolute Gasteiger partial charge is 0.332 e. The van der Waals surface area contributed by atoms with Crippen LogP contribution in [-0.4, -0.2) is 68.4 Å². The zero-order valence-electron chi connectivity index (χ0n) is 17.8. The highest BCUT2D eigenvalue weighted by atomic mass is 32.2. The second-order valence-corrected chi connectivity index (χ2v) is 10.7. The van der Waals surface area contributed by atoms with Crippen LogP contribution in [0.1, 0.15) is 12.8 Å². The van der Waals surface area contributed by atoms with Crippen LogP contribution < -0.4 is 11.2 Å². The fourth-order valence-corrected chi connectivity index (χ4v) is 6.41. The molecule has 13 heteroatoms. The normalized spacial score (nSPS) is 15.5. The third kappa shape index (κ3) is 3.91. The first kappa shape index (κ1) is 22.4. The van der Waals surface area contributed by atoms with Crippen LogP contribution in [0.25, 0.3) is 11.2 Å². The third-order valence-electron chi connectivity index (χ3n) is 5.69. The van der Waals surface area contributed by atoms with Gasteiger partial charge < -0.3 is 9.47 Å². The maximum Gasteiger partial charge on any atom is 0.332 e. The lowest BCUT2D eigenvalue weighted by molar-refractivity contribution is -0.132. The van der Waals surface area contributed by atoms with Gasteiger partial charge in [0.05, 0.1) is 6.33 Å². The number of aryl methyl sites for hydroxylation is 2. The number of fused-ring (bicyclic) bond motifs is 1. The first-order valence-corrected chi connectivity index (χ1v) is 12.5. The molecule has 1 aliphatic rings. The number of carbonyl (C=O) groups is 1. The molecule has 0 aromatic carbocycles. The van der Waals surface area contributed by atoms with Crippen molar-refractivity contribution in [2.45, 2.75) is 23.6 Å². The van der Waals surface area contributed by atoms with Crippen LogP contribution in [0.2, 0.25) is 0 Å². The molecule has 1 amide bonds. The fraction of sp³-hybridized carbons (Fsp3) is 0.474. The SMILES string of the molecule is Cn1c(=O)c2c(ncn2CCCC(=O)N2CCN(S(=O)(=O)c3cccs3)CC2)n(C)c1=O. The predicted molar refractivity (Wildman–Crippen MR) is 119 cm³/mol. The second-order valence-electron chi connectivity index (χ2n) is 7.64. The van der Waals surface area contributed by atoms with E-state index in [4.69, 9.17) is 0 Å². The largest absolute Gasteiger partial charge is 0.340 e. The molecule has 4 rings (SSSR count). The summed E-state index contributed by atoms with van der Waals surface area (Å²) in [6.45, 7) is 1.63. The molecule has 0 atom stereocenters. The summed E-state index contributed by atoms with van der Waals surface area (Å²) in [7, 11) is -0.523. The van der Waals surface area contributed by atoms with Crippen LogP contribution in [0.3, 0.4) is 0 Å². The molecule has 0 N–H and O–H groups in total. The molecule has 1 fully saturated rings. The molecule has 3 aromatic heterocycles. The van der Waals surface area contributed by atoms with E-state index in [1.165, 1.54) is 33.6 Å². The van der Waals surface area contributed by atoms with Gasteiger partial charge in [0.25, 0.3) is 15.6 Å². The number of sulfonamides is 1. The van der Waals surface area contributed by atoms with Crippen LogP contribution in [0.5, 0.6) is 0 Å². The Morgan fingerprint density at radius 3 is 2.50 bits per heavy atom. The quantitative estimate of drug-likeness (QED) is 0.482. The zero-order chi connectivity index (χ0) is 23.0. The van der Waals surface area contributed by atoms with Crippen LogP contribution in [0.4, 0.5) is 0 Å². The number of aromatic nitrogens is 4. The summed E-state index contributed by atoms with van der Waals surface area (Å²) in [5.41, 5.74) is -0.222. The van der Waals surface area contributed by atoms with Crippen LogP contribution in [-0.2, 0) is 35.5 Å². The number of amides is 1. The van der Waals surface area contributed by atoms with Crippen molar-refractivity contribution in [3.05, 3.63) is 44.7 Å². The standard InChI is InChI=1S/C19H24N6O5S2/c1-21-17-16(18(27)22(2)19(21)28)24(13-20-17)7-3-5-14(26)23-8-10-25(11-9-23)32(29,30)15-6-4-12-31-15/h4,6,12-13H,3,5,7-11H2,1-2H3. The number of rotatable bonds is 6. The minimum atomic E-state index is -3.50. The number of carbonyl (C=O) groups excluding carboxylic acids is 1. The van der Waals surface area contributed by atoms with Gasteiger partial charge in [-0.2, -0.15) is 4.31 Å². The highest BCUT2D eigenvalue weighted by Gasteiger charge is 2.30. The molecule has 11 nitrogen and oxygen atoms in total. The molecule has 1 aliphatic heterocycles. The summed E-state index contributed by atoms with van der Waals surface area (Å²) in [4.78, 5) is 43.0. The third-order valence-corrected chi connectivity index (χ3v) is 8.96. The summed E-state index contributed by atoms with van der Waals surface area (Å²) in [6.07, 6.45) is 2.26. The topological polar surface area (TPSA) is 120 Å². The number of imidazole rings is 1. The molecule has 0 radical (unpaired) electrons. The maximum absolute atomic E-state index is 12.6. The van der Waals surface area contributed by atoms with E-state index in [-0.39, 0.29) is 25.4 Å². The van der Waals surface area contributed by atoms with Gasteiger partial charge in [-0.25, -0.2) is 18.2 Å². The van der Waals surface area contributed by atoms with Crippen molar-refractivity contribution >= 4 is 38.4 Å². The monoisotopic (exact) mass is 480 g/mol. The van der Waals surface area contributed by atoms with Crippen LogP contribution in [0.15, 0.2) is 37.6 Å². The van der Waals surface area contributed by atoms with Gasteiger partial charge in [0, 0.05) is 53.2 Å². The maximum atomic E-state index is 12.6. The van der Waals surface area contributed by atoms with E-state index in [0.717, 1.165) is 4.57 Å². The summed E-state index contributed by atoms with van der Waals surface area (Å²) in [6, 6.07) is 3.29. The van der Waals surface area contributed by atoms with Gasteiger partial charge in [-0.1, -0.05) is 6.07 Å². The minimum Gasteiger partial charge on any atom is -0.340 e. The van der Waals surface area contributed by atoms with Crippen molar-refractivity contribution in [3.8, 4) is 0 Å². The summed E-state index contributed by atoms with van der Waals surface area (Å²) in [5.74, 6) is -0.0529. The first-order valence-electron chi connectivity index (χ1n) is 10.1. The van der Waals surface area contributed by atoms with Crippen molar-refractivity contribution in [1.29, 1.82) is 0 Å². The van der Waals surface area contributed by atoms with E-state index >= 15 is 0 Å². The van der Waals surface area contributed by atoms with E-state index in [0.29, 0.717) is 41.4 Å². The van der Waals surface area contributed by atoms with Gasteiger partial charge in [-0.05, 0) is 17.9 Å². The lowest BCUT2D eigenvalue weighted by Gasteiger charge is -2.33. The Morgan fingerprint density at radius 1 is 1.12 bits per heavy atom. The average Bonchev–Trinajstić information content (AvgIpc) is 3.47.